The van der Waals surface area contributed by atoms with Gasteiger partial charge < -0.3 is 18.9 Å². The van der Waals surface area contributed by atoms with Crippen molar-refractivity contribution in [2.75, 3.05) is 47.5 Å². The first-order valence-corrected chi connectivity index (χ1v) is 32.4. The summed E-state index contributed by atoms with van der Waals surface area (Å²) in [6.07, 6.45) is 83.8. The average Bonchev–Trinajstić information content (AvgIpc) is 3.41. The van der Waals surface area contributed by atoms with Crippen molar-refractivity contribution in [3.05, 3.63) is 134 Å². The maximum Gasteiger partial charge on any atom is 0.472 e. The molecule has 0 heterocycles. The number of hydrogen-bond acceptors (Lipinski definition) is 7. The highest BCUT2D eigenvalue weighted by Crippen LogP contribution is 2.43. The number of likely N-dealkylation sites (N-methyl/N-ethyl adjacent to an activating group) is 1. The number of allylic oxidation sites excluding steroid dienone is 22. The molecule has 0 aromatic heterocycles. The van der Waals surface area contributed by atoms with Gasteiger partial charge in [-0.3, -0.25) is 18.6 Å². The van der Waals surface area contributed by atoms with Gasteiger partial charge in [0.25, 0.3) is 0 Å². The Hall–Kier alpha value is -3.85. The molecule has 2 unspecified atom stereocenters. The normalized spacial score (nSPS) is 14.2. The SMILES string of the molecule is CC/C=C\C/C=C\C/C=C\C/C=C\C/C=C\C/C=C\C/C=C\C/C=C\CCCCCCCCCCCCC(=O)OC(COC(=O)CCCCCCCC/C=C\C/C=C\C/C=C\CCCCC)COP(=O)(O)OCC[N+](C)(C)C. The number of ether oxygens (including phenoxy) is 2. The zero-order valence-electron chi connectivity index (χ0n) is 50.3. The summed E-state index contributed by atoms with van der Waals surface area (Å²) in [5, 5.41) is 0. The summed E-state index contributed by atoms with van der Waals surface area (Å²) >= 11 is 0. The van der Waals surface area contributed by atoms with Crippen molar-refractivity contribution in [3.8, 4) is 0 Å². The lowest BCUT2D eigenvalue weighted by Crippen LogP contribution is -2.37. The molecule has 0 rings (SSSR count). The molecule has 0 radical (unpaired) electrons. The molecule has 0 bridgehead atoms. The number of carbonyl (C=O) groups excluding carboxylic acids is 2. The Morgan fingerprint density at radius 3 is 1.09 bits per heavy atom. The van der Waals surface area contributed by atoms with Crippen LogP contribution in [0, 0.1) is 0 Å². The van der Waals surface area contributed by atoms with Gasteiger partial charge in [-0.1, -0.05) is 237 Å². The Morgan fingerprint density at radius 1 is 0.410 bits per heavy atom. The van der Waals surface area contributed by atoms with Gasteiger partial charge in [0, 0.05) is 12.8 Å². The van der Waals surface area contributed by atoms with E-state index in [1.807, 2.05) is 21.1 Å². The van der Waals surface area contributed by atoms with E-state index in [0.717, 1.165) is 122 Å². The van der Waals surface area contributed by atoms with Crippen molar-refractivity contribution in [1.29, 1.82) is 0 Å². The lowest BCUT2D eigenvalue weighted by molar-refractivity contribution is -0.870. The molecule has 0 saturated carbocycles. The van der Waals surface area contributed by atoms with Crippen molar-refractivity contribution in [3.63, 3.8) is 0 Å². The van der Waals surface area contributed by atoms with Crippen LogP contribution in [0.25, 0.3) is 0 Å². The third-order valence-corrected chi connectivity index (χ3v) is 13.6. The number of carbonyl (C=O) groups is 2. The van der Waals surface area contributed by atoms with Crippen LogP contribution in [0.1, 0.15) is 232 Å². The largest absolute Gasteiger partial charge is 0.472 e. The summed E-state index contributed by atoms with van der Waals surface area (Å²) in [6, 6.07) is 0. The average molecular weight is 1110 g/mol. The van der Waals surface area contributed by atoms with Gasteiger partial charge in [-0.15, -0.1) is 0 Å². The van der Waals surface area contributed by atoms with Gasteiger partial charge >= 0.3 is 19.8 Å². The highest BCUT2D eigenvalue weighted by Gasteiger charge is 2.27. The van der Waals surface area contributed by atoms with Gasteiger partial charge in [0.05, 0.1) is 27.7 Å². The van der Waals surface area contributed by atoms with Crippen molar-refractivity contribution in [2.45, 2.75) is 238 Å². The first-order chi connectivity index (χ1) is 38.0. The summed E-state index contributed by atoms with van der Waals surface area (Å²) in [6.45, 7) is 4.26. The summed E-state index contributed by atoms with van der Waals surface area (Å²) < 4.78 is 34.6. The molecule has 0 amide bonds. The molecule has 0 aliphatic carbocycles. The van der Waals surface area contributed by atoms with Crippen LogP contribution in [-0.4, -0.2) is 74.9 Å². The molecule has 2 atom stereocenters. The summed E-state index contributed by atoms with van der Waals surface area (Å²) in [4.78, 5) is 35.7. The summed E-state index contributed by atoms with van der Waals surface area (Å²) in [5.74, 6) is -0.824. The predicted molar refractivity (Wildman–Crippen MR) is 334 cm³/mol. The molecule has 0 spiro atoms. The topological polar surface area (TPSA) is 108 Å². The molecule has 0 fully saturated rings. The minimum atomic E-state index is -4.40. The van der Waals surface area contributed by atoms with Gasteiger partial charge in [-0.05, 0) is 116 Å². The van der Waals surface area contributed by atoms with Crippen LogP contribution < -0.4 is 0 Å². The number of phosphoric acid groups is 1. The molecule has 0 aliphatic rings. The first kappa shape index (κ1) is 74.2. The second-order valence-electron chi connectivity index (χ2n) is 21.4. The van der Waals surface area contributed by atoms with Crippen molar-refractivity contribution >= 4 is 19.8 Å². The van der Waals surface area contributed by atoms with Crippen LogP contribution in [0.2, 0.25) is 0 Å². The highest BCUT2D eigenvalue weighted by molar-refractivity contribution is 7.47. The molecule has 444 valence electrons. The second-order valence-corrected chi connectivity index (χ2v) is 22.8. The smallest absolute Gasteiger partial charge is 0.462 e. The second kappa shape index (κ2) is 57.8. The van der Waals surface area contributed by atoms with E-state index < -0.39 is 26.5 Å². The predicted octanol–water partition coefficient (Wildman–Crippen LogP) is 19.7. The number of hydrogen-bond donors (Lipinski definition) is 1. The highest BCUT2D eigenvalue weighted by atomic mass is 31.2. The van der Waals surface area contributed by atoms with E-state index in [9.17, 15) is 19.0 Å². The third kappa shape index (κ3) is 61.4. The van der Waals surface area contributed by atoms with Gasteiger partial charge in [-0.2, -0.15) is 0 Å². The van der Waals surface area contributed by atoms with Crippen molar-refractivity contribution in [2.24, 2.45) is 0 Å². The van der Waals surface area contributed by atoms with E-state index in [4.69, 9.17) is 18.5 Å². The Labute approximate surface area is 479 Å². The third-order valence-electron chi connectivity index (χ3n) is 12.7. The molecule has 9 nitrogen and oxygen atoms in total. The van der Waals surface area contributed by atoms with E-state index >= 15 is 0 Å². The molecule has 0 aliphatic heterocycles. The fraction of sp³-hybridized carbons (Fsp3) is 0.647. The maximum atomic E-state index is 12.8. The fourth-order valence-electron chi connectivity index (χ4n) is 7.92. The molecule has 1 N–H and O–H groups in total. The number of quaternary nitrogens is 1. The van der Waals surface area contributed by atoms with E-state index in [1.165, 1.54) is 77.0 Å². The first-order valence-electron chi connectivity index (χ1n) is 30.9. The van der Waals surface area contributed by atoms with Crippen LogP contribution in [0.5, 0.6) is 0 Å². The molecule has 0 saturated heterocycles. The summed E-state index contributed by atoms with van der Waals surface area (Å²) in [5.41, 5.74) is 0. The lowest BCUT2D eigenvalue weighted by Gasteiger charge is -2.24. The molecular weight excluding hydrogens is 990 g/mol. The van der Waals surface area contributed by atoms with Crippen LogP contribution in [0.3, 0.4) is 0 Å². The van der Waals surface area contributed by atoms with E-state index in [2.05, 4.69) is 148 Å². The molecule has 0 aromatic carbocycles. The zero-order chi connectivity index (χ0) is 57.0. The lowest BCUT2D eigenvalue weighted by atomic mass is 10.0. The van der Waals surface area contributed by atoms with Crippen LogP contribution in [0.15, 0.2) is 134 Å². The van der Waals surface area contributed by atoms with Crippen molar-refractivity contribution in [1.82, 2.24) is 0 Å². The standard InChI is InChI=1S/C68H114NO8P/c1-6-8-10-12-14-16-18-20-22-24-26-27-28-29-30-31-32-33-34-35-36-37-38-39-40-41-43-45-47-49-51-53-55-57-59-61-68(71)77-66(65-76-78(72,73)75-63-62-69(3,4)5)64-74-67(70)60-58-56-54-52-50-48-46-44-42-25-23-21-19-17-15-13-11-9-7-2/h8,10,14-17,20-23,26-27,29-30,32-33,35-36,38-39,42,44,66H,6-7,9,11-13,18-19,24-25,28,31,34,37,40-41,43,45-65H2,1-5H3/p+1/b10-8-,16-14-,17-15-,22-20-,23-21-,27-26-,30-29-,33-32-,36-35-,39-38-,44-42-. The van der Waals surface area contributed by atoms with Gasteiger partial charge in [-0.25, -0.2) is 4.57 Å². The number of rotatable bonds is 55. The van der Waals surface area contributed by atoms with Gasteiger partial charge in [0.2, 0.25) is 0 Å². The summed E-state index contributed by atoms with van der Waals surface area (Å²) in [7, 11) is 1.45. The minimum Gasteiger partial charge on any atom is -0.462 e. The number of phosphoric ester groups is 1. The van der Waals surface area contributed by atoms with E-state index in [1.54, 1.807) is 0 Å². The maximum absolute atomic E-state index is 12.8. The van der Waals surface area contributed by atoms with Gasteiger partial charge in [0.1, 0.15) is 19.8 Å². The van der Waals surface area contributed by atoms with Crippen LogP contribution in [0.4, 0.5) is 0 Å². The van der Waals surface area contributed by atoms with Crippen LogP contribution >= 0.6 is 7.82 Å². The van der Waals surface area contributed by atoms with E-state index in [-0.39, 0.29) is 32.0 Å². The molecular formula is C68H115NO8P+. The molecule has 10 heteroatoms. The molecule has 78 heavy (non-hydrogen) atoms. The Morgan fingerprint density at radius 2 is 0.731 bits per heavy atom. The van der Waals surface area contributed by atoms with Crippen LogP contribution in [-0.2, 0) is 32.7 Å². The molecule has 0 aromatic rings. The Bertz CT molecular complexity index is 1780. The minimum absolute atomic E-state index is 0.0218. The van der Waals surface area contributed by atoms with E-state index in [0.29, 0.717) is 17.4 Å². The fourth-order valence-corrected chi connectivity index (χ4v) is 8.66. The Kier molecular flexibility index (Phi) is 55.0. The Balaban J connectivity index is 4.17. The monoisotopic (exact) mass is 1100 g/mol. The van der Waals surface area contributed by atoms with Crippen molar-refractivity contribution < 1.29 is 42.1 Å². The van der Waals surface area contributed by atoms with Gasteiger partial charge in [0.15, 0.2) is 6.10 Å². The number of unbranched alkanes of at least 4 members (excludes halogenated alkanes) is 19. The number of nitrogens with zero attached hydrogens (tertiary/aromatic N) is 1. The number of esters is 2. The quantitative estimate of drug-likeness (QED) is 0.0211. The zero-order valence-corrected chi connectivity index (χ0v) is 51.2.